The van der Waals surface area contributed by atoms with E-state index < -0.39 is 0 Å². The van der Waals surface area contributed by atoms with Gasteiger partial charge in [-0.05, 0) is 43.7 Å². The Morgan fingerprint density at radius 3 is 2.60 bits per heavy atom. The van der Waals surface area contributed by atoms with Crippen molar-refractivity contribution in [2.24, 2.45) is 5.92 Å². The van der Waals surface area contributed by atoms with Gasteiger partial charge in [0, 0.05) is 23.6 Å². The van der Waals surface area contributed by atoms with E-state index in [2.05, 4.69) is 17.4 Å². The minimum absolute atomic E-state index is 0.121. The quantitative estimate of drug-likeness (QED) is 0.793. The number of rotatable bonds is 6. The number of nitrogens with one attached hydrogen (secondary N) is 1. The number of aliphatic hydroxyl groups excluding tert-OH is 1. The molecule has 0 radical (unpaired) electrons. The van der Waals surface area contributed by atoms with Crippen LogP contribution < -0.4 is 5.32 Å². The molecule has 2 rings (SSSR count). The SMILES string of the molecule is O=C(CCSc1ccccc1)NCC1CCC(O)CC1. The van der Waals surface area contributed by atoms with Crippen LogP contribution in [0.5, 0.6) is 0 Å². The van der Waals surface area contributed by atoms with Crippen molar-refractivity contribution in [3.63, 3.8) is 0 Å². The van der Waals surface area contributed by atoms with Gasteiger partial charge in [-0.15, -0.1) is 11.8 Å². The first kappa shape index (κ1) is 15.4. The van der Waals surface area contributed by atoms with Crippen molar-refractivity contribution in [1.82, 2.24) is 5.32 Å². The van der Waals surface area contributed by atoms with E-state index in [0.717, 1.165) is 38.0 Å². The van der Waals surface area contributed by atoms with Crippen LogP contribution in [-0.2, 0) is 4.79 Å². The Hall–Kier alpha value is -1.00. The summed E-state index contributed by atoms with van der Waals surface area (Å²) in [5, 5.41) is 12.5. The van der Waals surface area contributed by atoms with E-state index in [1.54, 1.807) is 11.8 Å². The molecule has 2 N–H and O–H groups in total. The average Bonchev–Trinajstić information content (AvgIpc) is 2.48. The second-order valence-electron chi connectivity index (χ2n) is 5.39. The van der Waals surface area contributed by atoms with Gasteiger partial charge in [0.05, 0.1) is 6.10 Å². The fourth-order valence-corrected chi connectivity index (χ4v) is 3.35. The van der Waals surface area contributed by atoms with Crippen LogP contribution in [0.3, 0.4) is 0 Å². The molecule has 1 aromatic rings. The lowest BCUT2D eigenvalue weighted by Gasteiger charge is -2.25. The number of hydrogen-bond donors (Lipinski definition) is 2. The van der Waals surface area contributed by atoms with Crippen molar-refractivity contribution in [3.05, 3.63) is 30.3 Å². The largest absolute Gasteiger partial charge is 0.393 e. The summed E-state index contributed by atoms with van der Waals surface area (Å²) < 4.78 is 0. The van der Waals surface area contributed by atoms with Crippen LogP contribution in [0, 0.1) is 5.92 Å². The second kappa shape index (κ2) is 8.32. The van der Waals surface area contributed by atoms with Gasteiger partial charge in [-0.25, -0.2) is 0 Å². The molecular formula is C16H23NO2S. The number of carbonyl (C=O) groups is 1. The van der Waals surface area contributed by atoms with Gasteiger partial charge in [-0.3, -0.25) is 4.79 Å². The van der Waals surface area contributed by atoms with Gasteiger partial charge in [0.2, 0.25) is 5.91 Å². The minimum atomic E-state index is -0.121. The lowest BCUT2D eigenvalue weighted by atomic mass is 9.87. The molecule has 1 amide bonds. The molecule has 0 atom stereocenters. The van der Waals surface area contributed by atoms with Crippen LogP contribution >= 0.6 is 11.8 Å². The molecule has 0 heterocycles. The van der Waals surface area contributed by atoms with Crippen LogP contribution in [0.1, 0.15) is 32.1 Å². The maximum atomic E-state index is 11.8. The summed E-state index contributed by atoms with van der Waals surface area (Å²) in [4.78, 5) is 13.0. The molecule has 0 spiro atoms. The Balaban J connectivity index is 1.56. The molecule has 1 fully saturated rings. The van der Waals surface area contributed by atoms with Gasteiger partial charge in [0.15, 0.2) is 0 Å². The van der Waals surface area contributed by atoms with Crippen LogP contribution in [0.15, 0.2) is 35.2 Å². The van der Waals surface area contributed by atoms with Gasteiger partial charge >= 0.3 is 0 Å². The molecule has 4 heteroatoms. The molecule has 1 aromatic carbocycles. The van der Waals surface area contributed by atoms with E-state index in [-0.39, 0.29) is 12.0 Å². The zero-order valence-electron chi connectivity index (χ0n) is 11.8. The molecular weight excluding hydrogens is 270 g/mol. The Kier molecular flexibility index (Phi) is 6.40. The fraction of sp³-hybridized carbons (Fsp3) is 0.562. The van der Waals surface area contributed by atoms with E-state index in [4.69, 9.17) is 0 Å². The third-order valence-corrected chi connectivity index (χ3v) is 4.76. The third-order valence-electron chi connectivity index (χ3n) is 3.75. The van der Waals surface area contributed by atoms with E-state index in [0.29, 0.717) is 12.3 Å². The molecule has 110 valence electrons. The van der Waals surface area contributed by atoms with Crippen LogP contribution in [-0.4, -0.2) is 29.4 Å². The first-order valence-corrected chi connectivity index (χ1v) is 8.35. The van der Waals surface area contributed by atoms with E-state index in [1.165, 1.54) is 4.90 Å². The molecule has 1 aliphatic carbocycles. The average molecular weight is 293 g/mol. The molecule has 20 heavy (non-hydrogen) atoms. The predicted molar refractivity (Wildman–Crippen MR) is 82.8 cm³/mol. The number of hydrogen-bond acceptors (Lipinski definition) is 3. The highest BCUT2D eigenvalue weighted by Gasteiger charge is 2.19. The van der Waals surface area contributed by atoms with Gasteiger partial charge < -0.3 is 10.4 Å². The fourth-order valence-electron chi connectivity index (χ4n) is 2.47. The number of amides is 1. The van der Waals surface area contributed by atoms with Crippen molar-refractivity contribution in [3.8, 4) is 0 Å². The molecule has 0 unspecified atom stereocenters. The molecule has 1 aliphatic rings. The normalized spacial score (nSPS) is 22.4. The monoisotopic (exact) mass is 293 g/mol. The number of carbonyl (C=O) groups excluding carboxylic acids is 1. The van der Waals surface area contributed by atoms with Crippen molar-refractivity contribution in [1.29, 1.82) is 0 Å². The Morgan fingerprint density at radius 2 is 1.90 bits per heavy atom. The summed E-state index contributed by atoms with van der Waals surface area (Å²) in [6.45, 7) is 0.765. The highest BCUT2D eigenvalue weighted by molar-refractivity contribution is 7.99. The lowest BCUT2D eigenvalue weighted by Crippen LogP contribution is -2.32. The first-order valence-electron chi connectivity index (χ1n) is 7.36. The zero-order valence-corrected chi connectivity index (χ0v) is 12.6. The lowest BCUT2D eigenvalue weighted by molar-refractivity contribution is -0.120. The summed E-state index contributed by atoms with van der Waals surface area (Å²) in [6, 6.07) is 10.2. The maximum absolute atomic E-state index is 11.8. The number of benzene rings is 1. The predicted octanol–water partition coefficient (Wildman–Crippen LogP) is 2.84. The van der Waals surface area contributed by atoms with Gasteiger partial charge in [-0.2, -0.15) is 0 Å². The molecule has 0 aliphatic heterocycles. The first-order chi connectivity index (χ1) is 9.74. The van der Waals surface area contributed by atoms with Crippen molar-refractivity contribution >= 4 is 17.7 Å². The van der Waals surface area contributed by atoms with E-state index in [1.807, 2.05) is 18.2 Å². The molecule has 3 nitrogen and oxygen atoms in total. The Morgan fingerprint density at radius 1 is 1.20 bits per heavy atom. The zero-order chi connectivity index (χ0) is 14.2. The van der Waals surface area contributed by atoms with Crippen molar-refractivity contribution in [2.75, 3.05) is 12.3 Å². The summed E-state index contributed by atoms with van der Waals surface area (Å²) >= 11 is 1.72. The second-order valence-corrected chi connectivity index (χ2v) is 6.56. The van der Waals surface area contributed by atoms with Crippen LogP contribution in [0.25, 0.3) is 0 Å². The molecule has 1 saturated carbocycles. The molecule has 0 saturated heterocycles. The van der Waals surface area contributed by atoms with Gasteiger partial charge in [0.25, 0.3) is 0 Å². The minimum Gasteiger partial charge on any atom is -0.393 e. The van der Waals surface area contributed by atoms with Crippen molar-refractivity contribution < 1.29 is 9.90 Å². The summed E-state index contributed by atoms with van der Waals surface area (Å²) in [5.41, 5.74) is 0. The summed E-state index contributed by atoms with van der Waals surface area (Å²) in [6.07, 6.45) is 4.26. The Labute approximate surface area is 125 Å². The van der Waals surface area contributed by atoms with E-state index >= 15 is 0 Å². The highest BCUT2D eigenvalue weighted by Crippen LogP contribution is 2.23. The van der Waals surface area contributed by atoms with E-state index in [9.17, 15) is 9.90 Å². The van der Waals surface area contributed by atoms with Crippen molar-refractivity contribution in [2.45, 2.75) is 43.1 Å². The van der Waals surface area contributed by atoms with Crippen LogP contribution in [0.2, 0.25) is 0 Å². The molecule has 0 bridgehead atoms. The standard InChI is InChI=1S/C16H23NO2S/c18-14-8-6-13(7-9-14)12-17-16(19)10-11-20-15-4-2-1-3-5-15/h1-5,13-14,18H,6-12H2,(H,17,19). The summed E-state index contributed by atoms with van der Waals surface area (Å²) in [7, 11) is 0. The highest BCUT2D eigenvalue weighted by atomic mass is 32.2. The topological polar surface area (TPSA) is 49.3 Å². The Bertz CT molecular complexity index is 402. The third kappa shape index (κ3) is 5.55. The number of thioether (sulfide) groups is 1. The smallest absolute Gasteiger partial charge is 0.220 e. The number of aliphatic hydroxyl groups is 1. The van der Waals surface area contributed by atoms with Gasteiger partial charge in [-0.1, -0.05) is 18.2 Å². The van der Waals surface area contributed by atoms with Gasteiger partial charge in [0.1, 0.15) is 0 Å². The summed E-state index contributed by atoms with van der Waals surface area (Å²) in [5.74, 6) is 1.50. The van der Waals surface area contributed by atoms with Crippen LogP contribution in [0.4, 0.5) is 0 Å². The maximum Gasteiger partial charge on any atom is 0.220 e. The molecule has 0 aromatic heterocycles.